The summed E-state index contributed by atoms with van der Waals surface area (Å²) >= 11 is 0. The van der Waals surface area contributed by atoms with Crippen molar-refractivity contribution in [3.05, 3.63) is 0 Å². The van der Waals surface area contributed by atoms with Crippen molar-refractivity contribution in [2.75, 3.05) is 25.6 Å². The monoisotopic (exact) mass is 258 g/mol. The molecule has 0 aliphatic rings. The Hall–Kier alpha value is -0.890. The van der Waals surface area contributed by atoms with Crippen molar-refractivity contribution in [1.82, 2.24) is 4.90 Å². The highest BCUT2D eigenvalue weighted by atomic mass is 32.2. The van der Waals surface area contributed by atoms with E-state index in [9.17, 15) is 9.00 Å². The molecule has 0 heterocycles. The highest BCUT2D eigenvalue weighted by Crippen LogP contribution is 2.21. The van der Waals surface area contributed by atoms with E-state index in [4.69, 9.17) is 5.26 Å². The Morgan fingerprint density at radius 1 is 1.35 bits per heavy atom. The minimum atomic E-state index is -1.08. The molecule has 0 radical (unpaired) electrons. The van der Waals surface area contributed by atoms with Crippen LogP contribution < -0.4 is 0 Å². The second-order valence-electron chi connectivity index (χ2n) is 5.03. The Labute approximate surface area is 106 Å². The summed E-state index contributed by atoms with van der Waals surface area (Å²) in [5.41, 5.74) is -0.305. The highest BCUT2D eigenvalue weighted by molar-refractivity contribution is 7.85. The summed E-state index contributed by atoms with van der Waals surface area (Å²) in [4.78, 5) is 12.7. The Morgan fingerprint density at radius 3 is 2.41 bits per heavy atom. The van der Waals surface area contributed by atoms with Gasteiger partial charge in [-0.1, -0.05) is 6.42 Å². The third-order valence-electron chi connectivity index (χ3n) is 2.51. The number of carbonyl (C=O) groups excluding carboxylic acids is 1. The largest absolute Gasteiger partial charge is 0.348 e. The molecular formula is C12H22N2O2S. The minimum absolute atomic E-state index is 0.0966. The molecule has 0 rings (SSSR count). The Bertz CT molecular complexity index is 319. The van der Waals surface area contributed by atoms with Crippen LogP contribution in [-0.4, -0.2) is 40.6 Å². The van der Waals surface area contributed by atoms with Crippen LogP contribution in [0.15, 0.2) is 0 Å². The van der Waals surface area contributed by atoms with Gasteiger partial charge < -0.3 is 4.90 Å². The summed E-state index contributed by atoms with van der Waals surface area (Å²) in [7, 11) is 2.25. The first-order valence-electron chi connectivity index (χ1n) is 5.75. The molecule has 1 atom stereocenters. The van der Waals surface area contributed by atoms with Gasteiger partial charge in [-0.05, 0) is 26.7 Å². The van der Waals surface area contributed by atoms with Crippen molar-refractivity contribution >= 4 is 16.7 Å². The average Bonchev–Trinajstić information content (AvgIpc) is 2.24. The summed E-state index contributed by atoms with van der Waals surface area (Å²) in [5, 5.41) is 8.82. The molecule has 98 valence electrons. The molecule has 1 amide bonds. The number of rotatable bonds is 7. The third kappa shape index (κ3) is 7.92. The molecule has 0 spiro atoms. The predicted octanol–water partition coefficient (Wildman–Crippen LogP) is 1.54. The van der Waals surface area contributed by atoms with Crippen LogP contribution in [-0.2, 0) is 15.6 Å². The topological polar surface area (TPSA) is 61.2 Å². The summed E-state index contributed by atoms with van der Waals surface area (Å²) < 4.78 is 11.6. The van der Waals surface area contributed by atoms with Gasteiger partial charge in [0.15, 0.2) is 0 Å². The maximum absolute atomic E-state index is 11.6. The lowest BCUT2D eigenvalue weighted by Crippen LogP contribution is -2.27. The van der Waals surface area contributed by atoms with Crippen molar-refractivity contribution < 1.29 is 9.00 Å². The van der Waals surface area contributed by atoms with Crippen molar-refractivity contribution in [2.45, 2.75) is 33.1 Å². The van der Waals surface area contributed by atoms with Crippen LogP contribution in [0, 0.1) is 16.7 Å². The van der Waals surface area contributed by atoms with Gasteiger partial charge in [-0.3, -0.25) is 9.00 Å². The lowest BCUT2D eigenvalue weighted by molar-refractivity contribution is -0.125. The summed E-state index contributed by atoms with van der Waals surface area (Å²) in [6, 6.07) is 2.24. The van der Waals surface area contributed by atoms with Crippen LogP contribution >= 0.6 is 0 Å². The SMILES string of the molecule is CN(C)C(=O)CS(=O)CCCCC(C)(C)C#N. The molecule has 0 N–H and O–H groups in total. The zero-order chi connectivity index (χ0) is 13.5. The van der Waals surface area contributed by atoms with E-state index in [0.29, 0.717) is 5.75 Å². The fourth-order valence-electron chi connectivity index (χ4n) is 1.22. The highest BCUT2D eigenvalue weighted by Gasteiger charge is 2.16. The molecule has 5 heteroatoms. The van der Waals surface area contributed by atoms with E-state index in [2.05, 4.69) is 6.07 Å². The number of hydrogen-bond donors (Lipinski definition) is 0. The molecule has 1 unspecified atom stereocenters. The minimum Gasteiger partial charge on any atom is -0.348 e. The smallest absolute Gasteiger partial charge is 0.234 e. The Balaban J connectivity index is 3.74. The lowest BCUT2D eigenvalue weighted by Gasteiger charge is -2.14. The molecule has 17 heavy (non-hydrogen) atoms. The number of carbonyl (C=O) groups is 1. The molecule has 0 aliphatic carbocycles. The lowest BCUT2D eigenvalue weighted by atomic mass is 9.89. The molecule has 0 bridgehead atoms. The van der Waals surface area contributed by atoms with Gasteiger partial charge in [0.1, 0.15) is 5.75 Å². The quantitative estimate of drug-likeness (QED) is 0.651. The van der Waals surface area contributed by atoms with Gasteiger partial charge in [-0.2, -0.15) is 5.26 Å². The van der Waals surface area contributed by atoms with E-state index in [1.807, 2.05) is 13.8 Å². The third-order valence-corrected chi connectivity index (χ3v) is 3.82. The number of nitriles is 1. The fourth-order valence-corrected chi connectivity index (χ4v) is 2.43. The van der Waals surface area contributed by atoms with E-state index >= 15 is 0 Å². The number of unbranched alkanes of at least 4 members (excludes halogenated alkanes) is 1. The van der Waals surface area contributed by atoms with Crippen LogP contribution in [0.5, 0.6) is 0 Å². The van der Waals surface area contributed by atoms with Gasteiger partial charge in [-0.15, -0.1) is 0 Å². The van der Waals surface area contributed by atoms with E-state index < -0.39 is 10.8 Å². The molecule has 0 aromatic heterocycles. The molecule has 0 aliphatic heterocycles. The number of amides is 1. The first kappa shape index (κ1) is 16.1. The van der Waals surface area contributed by atoms with Crippen LogP contribution in [0.1, 0.15) is 33.1 Å². The van der Waals surface area contributed by atoms with Crippen molar-refractivity contribution in [3.63, 3.8) is 0 Å². The molecule has 0 saturated heterocycles. The predicted molar refractivity (Wildman–Crippen MR) is 69.8 cm³/mol. The van der Waals surface area contributed by atoms with Crippen LogP contribution in [0.25, 0.3) is 0 Å². The molecule has 0 aromatic rings. The van der Waals surface area contributed by atoms with Crippen molar-refractivity contribution in [1.29, 1.82) is 5.26 Å². The van der Waals surface area contributed by atoms with E-state index in [1.165, 1.54) is 4.90 Å². The zero-order valence-corrected chi connectivity index (χ0v) is 12.0. The zero-order valence-electron chi connectivity index (χ0n) is 11.2. The van der Waals surface area contributed by atoms with Gasteiger partial charge in [0.2, 0.25) is 5.91 Å². The normalized spacial score (nSPS) is 12.9. The maximum Gasteiger partial charge on any atom is 0.234 e. The van der Waals surface area contributed by atoms with Crippen molar-refractivity contribution in [2.24, 2.45) is 5.41 Å². The standard InChI is InChI=1S/C12H22N2O2S/c1-12(2,10-13)7-5-6-8-17(16)9-11(15)14(3)4/h5-9H2,1-4H3. The first-order chi connectivity index (χ1) is 7.78. The number of hydrogen-bond acceptors (Lipinski definition) is 3. The second-order valence-corrected chi connectivity index (χ2v) is 6.61. The fraction of sp³-hybridized carbons (Fsp3) is 0.833. The van der Waals surface area contributed by atoms with Crippen LogP contribution in [0.2, 0.25) is 0 Å². The van der Waals surface area contributed by atoms with Gasteiger partial charge in [0.05, 0.1) is 11.5 Å². The number of nitrogens with zero attached hydrogens (tertiary/aromatic N) is 2. The molecule has 0 fully saturated rings. The Kier molecular flexibility index (Phi) is 7.05. The first-order valence-corrected chi connectivity index (χ1v) is 7.23. The average molecular weight is 258 g/mol. The summed E-state index contributed by atoms with van der Waals surface area (Å²) in [6.45, 7) is 3.80. The van der Waals surface area contributed by atoms with Gasteiger partial charge in [0.25, 0.3) is 0 Å². The maximum atomic E-state index is 11.6. The van der Waals surface area contributed by atoms with Crippen LogP contribution in [0.3, 0.4) is 0 Å². The van der Waals surface area contributed by atoms with Gasteiger partial charge in [-0.25, -0.2) is 0 Å². The van der Waals surface area contributed by atoms with E-state index in [0.717, 1.165) is 19.3 Å². The second kappa shape index (κ2) is 7.44. The Morgan fingerprint density at radius 2 is 1.94 bits per heavy atom. The van der Waals surface area contributed by atoms with E-state index in [-0.39, 0.29) is 17.1 Å². The van der Waals surface area contributed by atoms with Crippen molar-refractivity contribution in [3.8, 4) is 6.07 Å². The van der Waals surface area contributed by atoms with E-state index in [1.54, 1.807) is 14.1 Å². The molecule has 0 saturated carbocycles. The van der Waals surface area contributed by atoms with Gasteiger partial charge in [0, 0.05) is 30.6 Å². The summed E-state index contributed by atoms with van der Waals surface area (Å²) in [5.74, 6) is 0.552. The summed E-state index contributed by atoms with van der Waals surface area (Å²) in [6.07, 6.45) is 2.49. The van der Waals surface area contributed by atoms with Gasteiger partial charge >= 0.3 is 0 Å². The molecule has 0 aromatic carbocycles. The van der Waals surface area contributed by atoms with Crippen LogP contribution in [0.4, 0.5) is 0 Å². The molecule has 4 nitrogen and oxygen atoms in total. The molecular weight excluding hydrogens is 236 g/mol.